The molecule has 4 aromatic rings. The molecule has 2 aromatic heterocycles. The van der Waals surface area contributed by atoms with Gasteiger partial charge >= 0.3 is 0 Å². The third-order valence-corrected chi connectivity index (χ3v) is 5.45. The number of rotatable bonds is 7. The Kier molecular flexibility index (Phi) is 6.93. The molecule has 0 unspecified atom stereocenters. The third kappa shape index (κ3) is 5.22. The van der Waals surface area contributed by atoms with Crippen LogP contribution in [0.4, 0.5) is 0 Å². The molecule has 2 heterocycles. The smallest absolute Gasteiger partial charge is 0.280 e. The van der Waals surface area contributed by atoms with Gasteiger partial charge in [0.1, 0.15) is 24.4 Å². The molecule has 9 heteroatoms. The van der Waals surface area contributed by atoms with Gasteiger partial charge < -0.3 is 10.1 Å². The fourth-order valence-corrected chi connectivity index (χ4v) is 3.97. The summed E-state index contributed by atoms with van der Waals surface area (Å²) >= 11 is 6.15. The molecule has 0 saturated heterocycles. The maximum absolute atomic E-state index is 13.6. The second-order valence-electron chi connectivity index (χ2n) is 8.24. The summed E-state index contributed by atoms with van der Waals surface area (Å²) in [4.78, 5) is 46.7. The summed E-state index contributed by atoms with van der Waals surface area (Å²) in [6.45, 7) is 3.45. The van der Waals surface area contributed by atoms with Crippen molar-refractivity contribution in [3.63, 3.8) is 0 Å². The molecule has 0 fully saturated rings. The molecule has 35 heavy (non-hydrogen) atoms. The van der Waals surface area contributed by atoms with Crippen LogP contribution in [0.5, 0.6) is 5.75 Å². The van der Waals surface area contributed by atoms with Crippen LogP contribution < -0.4 is 15.6 Å². The van der Waals surface area contributed by atoms with Gasteiger partial charge in [-0.05, 0) is 56.3 Å². The number of benzene rings is 2. The minimum atomic E-state index is -0.466. The molecule has 8 nitrogen and oxygen atoms in total. The zero-order chi connectivity index (χ0) is 25.1. The number of carbonyl (C=O) groups excluding carboxylic acids is 2. The molecule has 0 saturated carbocycles. The normalized spacial score (nSPS) is 11.0. The highest BCUT2D eigenvalue weighted by Gasteiger charge is 2.18. The summed E-state index contributed by atoms with van der Waals surface area (Å²) in [7, 11) is 1.55. The molecule has 1 amide bonds. The molecular weight excluding hydrogens is 468 g/mol. The molecule has 178 valence electrons. The highest BCUT2D eigenvalue weighted by atomic mass is 35.5. The van der Waals surface area contributed by atoms with E-state index < -0.39 is 5.56 Å². The number of methoxy groups -OCH3 is 1. The van der Waals surface area contributed by atoms with Gasteiger partial charge in [-0.3, -0.25) is 19.0 Å². The van der Waals surface area contributed by atoms with Gasteiger partial charge in [0.15, 0.2) is 5.52 Å². The van der Waals surface area contributed by atoms with Gasteiger partial charge in [-0.15, -0.1) is 0 Å². The Balaban J connectivity index is 1.92. The van der Waals surface area contributed by atoms with E-state index in [1.54, 1.807) is 61.7 Å². The van der Waals surface area contributed by atoms with Crippen molar-refractivity contribution in [1.82, 2.24) is 19.9 Å². The SMILES string of the molecule is COc1cccc(-c2nc3ccc(-c4cc(Cl)cc(C=O)c4)nc3c(=O)n2CC(=O)NC(C)C)c1. The van der Waals surface area contributed by atoms with Crippen LogP contribution in [0.3, 0.4) is 0 Å². The van der Waals surface area contributed by atoms with E-state index in [1.165, 1.54) is 4.57 Å². The van der Waals surface area contributed by atoms with Crippen LogP contribution in [-0.4, -0.2) is 39.9 Å². The largest absolute Gasteiger partial charge is 0.497 e. The Hall–Kier alpha value is -4.04. The Labute approximate surface area is 206 Å². The lowest BCUT2D eigenvalue weighted by molar-refractivity contribution is -0.122. The number of fused-ring (bicyclic) bond motifs is 1. The number of aldehydes is 1. The number of halogens is 1. The van der Waals surface area contributed by atoms with E-state index in [4.69, 9.17) is 16.3 Å². The van der Waals surface area contributed by atoms with Crippen LogP contribution in [0.25, 0.3) is 33.7 Å². The van der Waals surface area contributed by atoms with Crippen LogP contribution >= 0.6 is 11.6 Å². The molecule has 0 aliphatic carbocycles. The summed E-state index contributed by atoms with van der Waals surface area (Å²) in [6.07, 6.45) is 0.693. The molecule has 0 bridgehead atoms. The molecule has 0 radical (unpaired) electrons. The number of ether oxygens (including phenoxy) is 1. The van der Waals surface area contributed by atoms with Crippen LogP contribution in [0.2, 0.25) is 5.02 Å². The highest BCUT2D eigenvalue weighted by molar-refractivity contribution is 6.31. The van der Waals surface area contributed by atoms with Gasteiger partial charge in [-0.2, -0.15) is 0 Å². The van der Waals surface area contributed by atoms with Gasteiger partial charge in [0.05, 0.1) is 18.3 Å². The average molecular weight is 491 g/mol. The van der Waals surface area contributed by atoms with Crippen molar-refractivity contribution < 1.29 is 14.3 Å². The van der Waals surface area contributed by atoms with E-state index in [-0.39, 0.29) is 24.0 Å². The Morgan fingerprint density at radius 2 is 1.91 bits per heavy atom. The van der Waals surface area contributed by atoms with E-state index in [2.05, 4.69) is 15.3 Å². The summed E-state index contributed by atoms with van der Waals surface area (Å²) < 4.78 is 6.62. The highest BCUT2D eigenvalue weighted by Crippen LogP contribution is 2.26. The first kappa shape index (κ1) is 24.1. The van der Waals surface area contributed by atoms with Crippen LogP contribution in [-0.2, 0) is 11.3 Å². The lowest BCUT2D eigenvalue weighted by Gasteiger charge is -2.15. The zero-order valence-electron chi connectivity index (χ0n) is 19.4. The van der Waals surface area contributed by atoms with Crippen molar-refractivity contribution >= 4 is 34.8 Å². The van der Waals surface area contributed by atoms with Crippen molar-refractivity contribution in [1.29, 1.82) is 0 Å². The molecular formula is C26H23ClN4O4. The fourth-order valence-electron chi connectivity index (χ4n) is 3.73. The Morgan fingerprint density at radius 3 is 2.63 bits per heavy atom. The Bertz CT molecular complexity index is 1500. The first-order valence-corrected chi connectivity index (χ1v) is 11.3. The third-order valence-electron chi connectivity index (χ3n) is 5.23. The number of nitrogens with one attached hydrogen (secondary N) is 1. The minimum Gasteiger partial charge on any atom is -0.497 e. The van der Waals surface area contributed by atoms with Gasteiger partial charge in [0.25, 0.3) is 5.56 Å². The molecule has 0 atom stereocenters. The predicted molar refractivity (Wildman–Crippen MR) is 135 cm³/mol. The number of hydrogen-bond donors (Lipinski definition) is 1. The second kappa shape index (κ2) is 10.1. The van der Waals surface area contributed by atoms with Crippen LogP contribution in [0.15, 0.2) is 59.4 Å². The zero-order valence-corrected chi connectivity index (χ0v) is 20.2. The van der Waals surface area contributed by atoms with Gasteiger partial charge in [-0.25, -0.2) is 9.97 Å². The number of carbonyl (C=O) groups is 2. The monoisotopic (exact) mass is 490 g/mol. The van der Waals surface area contributed by atoms with E-state index in [1.807, 2.05) is 13.8 Å². The molecule has 1 N–H and O–H groups in total. The van der Waals surface area contributed by atoms with Gasteiger partial charge in [0.2, 0.25) is 5.91 Å². The number of hydrogen-bond acceptors (Lipinski definition) is 6. The minimum absolute atomic E-state index is 0.0912. The standard InChI is InChI=1S/C26H23ClN4O4/c1-15(2)28-23(33)13-31-25(17-5-4-6-20(12-17)35-3)30-22-8-7-21(29-24(22)26(31)34)18-9-16(14-32)10-19(27)11-18/h4-12,14-15H,13H2,1-3H3,(H,28,33). The Morgan fingerprint density at radius 1 is 1.11 bits per heavy atom. The second-order valence-corrected chi connectivity index (χ2v) is 8.67. The van der Waals surface area contributed by atoms with Crippen LogP contribution in [0, 0.1) is 0 Å². The van der Waals surface area contributed by atoms with E-state index in [0.29, 0.717) is 50.8 Å². The summed E-state index contributed by atoms with van der Waals surface area (Å²) in [6, 6.07) is 15.3. The summed E-state index contributed by atoms with van der Waals surface area (Å²) in [5.74, 6) is 0.588. The number of nitrogens with zero attached hydrogens (tertiary/aromatic N) is 3. The van der Waals surface area contributed by atoms with Crippen molar-refractivity contribution in [2.75, 3.05) is 7.11 Å². The average Bonchev–Trinajstić information content (AvgIpc) is 2.84. The van der Waals surface area contributed by atoms with E-state index in [0.717, 1.165) is 0 Å². The first-order chi connectivity index (χ1) is 16.8. The lowest BCUT2D eigenvalue weighted by atomic mass is 10.1. The maximum Gasteiger partial charge on any atom is 0.280 e. The fraction of sp³-hybridized carbons (Fsp3) is 0.192. The van der Waals surface area contributed by atoms with E-state index in [9.17, 15) is 14.4 Å². The number of amides is 1. The topological polar surface area (TPSA) is 103 Å². The predicted octanol–water partition coefficient (Wildman–Crippen LogP) is 4.12. The maximum atomic E-state index is 13.6. The van der Waals surface area contributed by atoms with Gasteiger partial charge in [0, 0.05) is 27.8 Å². The quantitative estimate of drug-likeness (QED) is 0.391. The van der Waals surface area contributed by atoms with Crippen molar-refractivity contribution in [2.45, 2.75) is 26.4 Å². The molecule has 0 spiro atoms. The summed E-state index contributed by atoms with van der Waals surface area (Å²) in [5, 5.41) is 3.18. The van der Waals surface area contributed by atoms with Crippen LogP contribution in [0.1, 0.15) is 24.2 Å². The number of aromatic nitrogens is 3. The van der Waals surface area contributed by atoms with Crippen molar-refractivity contribution in [3.05, 3.63) is 75.5 Å². The lowest BCUT2D eigenvalue weighted by Crippen LogP contribution is -2.37. The van der Waals surface area contributed by atoms with E-state index >= 15 is 0 Å². The molecule has 4 rings (SSSR count). The summed E-state index contributed by atoms with van der Waals surface area (Å²) in [5.41, 5.74) is 2.05. The van der Waals surface area contributed by atoms with Crippen molar-refractivity contribution in [2.24, 2.45) is 0 Å². The molecule has 2 aromatic carbocycles. The first-order valence-electron chi connectivity index (χ1n) is 10.9. The van der Waals surface area contributed by atoms with Crippen molar-refractivity contribution in [3.8, 4) is 28.4 Å². The molecule has 0 aliphatic heterocycles. The molecule has 0 aliphatic rings. The van der Waals surface area contributed by atoms with Gasteiger partial charge in [-0.1, -0.05) is 23.7 Å². The number of pyridine rings is 1.